The standard InChI is InChI=1S/C26H31N3O6/c1-16(2)22(26(31)28-10-12-35-13-11-28)29-24(27-19-9-7-6-8-18(19)25(29)30)17-14-20(32-3)23(34-5)21(15-17)33-4/h6-9,14-16,22H,10-13H2,1-5H3. The molecule has 9 nitrogen and oxygen atoms in total. The summed E-state index contributed by atoms with van der Waals surface area (Å²) in [5, 5.41) is 0.448. The van der Waals surface area contributed by atoms with Crippen LogP contribution in [0.15, 0.2) is 41.2 Å². The van der Waals surface area contributed by atoms with E-state index in [2.05, 4.69) is 0 Å². The Kier molecular flexibility index (Phi) is 7.25. The van der Waals surface area contributed by atoms with Gasteiger partial charge in [0.2, 0.25) is 11.7 Å². The van der Waals surface area contributed by atoms with Crippen molar-refractivity contribution in [2.24, 2.45) is 5.92 Å². The van der Waals surface area contributed by atoms with Crippen molar-refractivity contribution < 1.29 is 23.7 Å². The van der Waals surface area contributed by atoms with Crippen LogP contribution in [0.2, 0.25) is 0 Å². The number of aromatic nitrogens is 2. The molecule has 0 saturated carbocycles. The van der Waals surface area contributed by atoms with Crippen molar-refractivity contribution in [3.05, 3.63) is 46.8 Å². The van der Waals surface area contributed by atoms with Gasteiger partial charge >= 0.3 is 0 Å². The van der Waals surface area contributed by atoms with Crippen LogP contribution in [-0.4, -0.2) is 68.0 Å². The number of carbonyl (C=O) groups excluding carboxylic acids is 1. The van der Waals surface area contributed by atoms with Gasteiger partial charge in [-0.25, -0.2) is 4.98 Å². The van der Waals surface area contributed by atoms with Gasteiger partial charge in [-0.3, -0.25) is 14.2 Å². The first kappa shape index (κ1) is 24.5. The van der Waals surface area contributed by atoms with E-state index < -0.39 is 6.04 Å². The van der Waals surface area contributed by atoms with Crippen LogP contribution in [0.4, 0.5) is 0 Å². The van der Waals surface area contributed by atoms with Crippen molar-refractivity contribution in [2.75, 3.05) is 47.6 Å². The van der Waals surface area contributed by atoms with E-state index in [1.165, 1.54) is 25.9 Å². The van der Waals surface area contributed by atoms with Crippen molar-refractivity contribution in [1.29, 1.82) is 0 Å². The molecule has 35 heavy (non-hydrogen) atoms. The average molecular weight is 482 g/mol. The van der Waals surface area contributed by atoms with Crippen LogP contribution in [0.5, 0.6) is 17.2 Å². The molecule has 1 saturated heterocycles. The largest absolute Gasteiger partial charge is 0.493 e. The predicted octanol–water partition coefficient (Wildman–Crippen LogP) is 3.15. The Morgan fingerprint density at radius 2 is 1.63 bits per heavy atom. The number of hydrogen-bond acceptors (Lipinski definition) is 7. The van der Waals surface area contributed by atoms with Crippen LogP contribution in [0.1, 0.15) is 19.9 Å². The highest BCUT2D eigenvalue weighted by Gasteiger charge is 2.33. The van der Waals surface area contributed by atoms with Crippen LogP contribution >= 0.6 is 0 Å². The third kappa shape index (κ3) is 4.55. The third-order valence-corrected chi connectivity index (χ3v) is 6.22. The molecule has 0 aliphatic carbocycles. The summed E-state index contributed by atoms with van der Waals surface area (Å²) in [5.74, 6) is 1.34. The molecule has 1 unspecified atom stereocenters. The minimum absolute atomic E-state index is 0.129. The number of para-hydroxylation sites is 1. The maximum Gasteiger partial charge on any atom is 0.262 e. The fourth-order valence-corrected chi connectivity index (χ4v) is 4.48. The lowest BCUT2D eigenvalue weighted by atomic mass is 10.0. The first-order chi connectivity index (χ1) is 16.9. The molecule has 2 heterocycles. The molecule has 0 N–H and O–H groups in total. The van der Waals surface area contributed by atoms with E-state index in [0.717, 1.165) is 0 Å². The molecule has 0 radical (unpaired) electrons. The first-order valence-corrected chi connectivity index (χ1v) is 11.6. The molecule has 1 fully saturated rings. The maximum atomic E-state index is 13.9. The number of methoxy groups -OCH3 is 3. The van der Waals surface area contributed by atoms with Crippen molar-refractivity contribution in [2.45, 2.75) is 19.9 Å². The zero-order valence-electron chi connectivity index (χ0n) is 20.7. The minimum atomic E-state index is -0.758. The second-order valence-corrected chi connectivity index (χ2v) is 8.67. The molecule has 1 aliphatic rings. The number of morpholine rings is 1. The molecule has 1 atom stereocenters. The van der Waals surface area contributed by atoms with Gasteiger partial charge < -0.3 is 23.8 Å². The molecule has 4 rings (SSSR count). The van der Waals surface area contributed by atoms with E-state index in [1.54, 1.807) is 35.2 Å². The van der Waals surface area contributed by atoms with Crippen molar-refractivity contribution in [1.82, 2.24) is 14.5 Å². The van der Waals surface area contributed by atoms with Crippen LogP contribution in [0.25, 0.3) is 22.3 Å². The summed E-state index contributed by atoms with van der Waals surface area (Å²) in [7, 11) is 4.59. The monoisotopic (exact) mass is 481 g/mol. The Hall–Kier alpha value is -3.59. The van der Waals surface area contributed by atoms with E-state index >= 15 is 0 Å². The summed E-state index contributed by atoms with van der Waals surface area (Å²) in [6, 6.07) is 9.87. The topological polar surface area (TPSA) is 92.1 Å². The lowest BCUT2D eigenvalue weighted by Gasteiger charge is -2.33. The van der Waals surface area contributed by atoms with Gasteiger partial charge in [0.1, 0.15) is 11.9 Å². The SMILES string of the molecule is COc1cc(-c2nc3ccccc3c(=O)n2C(C(=O)N2CCOCC2)C(C)C)cc(OC)c1OC. The highest BCUT2D eigenvalue weighted by atomic mass is 16.5. The van der Waals surface area contributed by atoms with Gasteiger partial charge in [0.15, 0.2) is 11.5 Å². The van der Waals surface area contributed by atoms with Gasteiger partial charge in [-0.05, 0) is 30.2 Å². The minimum Gasteiger partial charge on any atom is -0.493 e. The molecule has 0 spiro atoms. The maximum absolute atomic E-state index is 13.9. The molecule has 1 aromatic heterocycles. The van der Waals surface area contributed by atoms with Crippen LogP contribution in [-0.2, 0) is 9.53 Å². The number of fused-ring (bicyclic) bond motifs is 1. The van der Waals surface area contributed by atoms with Crippen molar-refractivity contribution in [3.8, 4) is 28.6 Å². The van der Waals surface area contributed by atoms with E-state index in [1.807, 2.05) is 19.9 Å². The Balaban J connectivity index is 2.01. The van der Waals surface area contributed by atoms with Crippen molar-refractivity contribution >= 4 is 16.8 Å². The number of amides is 1. The molecule has 1 amide bonds. The second kappa shape index (κ2) is 10.4. The molecule has 9 heteroatoms. The molecule has 1 aliphatic heterocycles. The normalized spacial score (nSPS) is 14.7. The zero-order chi connectivity index (χ0) is 25.1. The Morgan fingerprint density at radius 3 is 2.20 bits per heavy atom. The first-order valence-electron chi connectivity index (χ1n) is 11.6. The lowest BCUT2D eigenvalue weighted by molar-refractivity contribution is -0.140. The highest BCUT2D eigenvalue weighted by Crippen LogP contribution is 2.41. The smallest absolute Gasteiger partial charge is 0.262 e. The lowest BCUT2D eigenvalue weighted by Crippen LogP contribution is -2.47. The van der Waals surface area contributed by atoms with E-state index in [4.69, 9.17) is 23.9 Å². The fraction of sp³-hybridized carbons (Fsp3) is 0.423. The number of benzene rings is 2. The summed E-state index contributed by atoms with van der Waals surface area (Å²) in [6.45, 7) is 5.78. The number of carbonyl (C=O) groups is 1. The molecule has 0 bridgehead atoms. The van der Waals surface area contributed by atoms with Gasteiger partial charge in [0.05, 0.1) is 45.4 Å². The van der Waals surface area contributed by atoms with Crippen molar-refractivity contribution in [3.63, 3.8) is 0 Å². The second-order valence-electron chi connectivity index (χ2n) is 8.67. The van der Waals surface area contributed by atoms with E-state index in [9.17, 15) is 9.59 Å². The van der Waals surface area contributed by atoms with Crippen LogP contribution < -0.4 is 19.8 Å². The summed E-state index contributed by atoms with van der Waals surface area (Å²) in [6.07, 6.45) is 0. The molecule has 3 aromatic rings. The summed E-state index contributed by atoms with van der Waals surface area (Å²) < 4.78 is 23.5. The summed E-state index contributed by atoms with van der Waals surface area (Å²) in [5.41, 5.74) is 0.835. The van der Waals surface area contributed by atoms with Gasteiger partial charge in [-0.1, -0.05) is 26.0 Å². The van der Waals surface area contributed by atoms with Gasteiger partial charge in [-0.2, -0.15) is 0 Å². The predicted molar refractivity (Wildman–Crippen MR) is 132 cm³/mol. The van der Waals surface area contributed by atoms with E-state index in [-0.39, 0.29) is 17.4 Å². The third-order valence-electron chi connectivity index (χ3n) is 6.22. The van der Waals surface area contributed by atoms with Gasteiger partial charge in [0.25, 0.3) is 5.56 Å². The Morgan fingerprint density at radius 1 is 1.00 bits per heavy atom. The number of ether oxygens (including phenoxy) is 4. The molecular formula is C26H31N3O6. The zero-order valence-corrected chi connectivity index (χ0v) is 20.7. The number of rotatable bonds is 7. The average Bonchev–Trinajstić information content (AvgIpc) is 2.89. The van der Waals surface area contributed by atoms with Gasteiger partial charge in [0, 0.05) is 18.7 Å². The van der Waals surface area contributed by atoms with Crippen LogP contribution in [0.3, 0.4) is 0 Å². The number of nitrogens with zero attached hydrogens (tertiary/aromatic N) is 3. The molecular weight excluding hydrogens is 450 g/mol. The number of hydrogen-bond donors (Lipinski definition) is 0. The quantitative estimate of drug-likeness (QED) is 0.512. The summed E-state index contributed by atoms with van der Waals surface area (Å²) in [4.78, 5) is 34.3. The van der Waals surface area contributed by atoms with E-state index in [0.29, 0.717) is 65.8 Å². The fourth-order valence-electron chi connectivity index (χ4n) is 4.48. The van der Waals surface area contributed by atoms with Crippen LogP contribution in [0, 0.1) is 5.92 Å². The highest BCUT2D eigenvalue weighted by molar-refractivity contribution is 5.84. The van der Waals surface area contributed by atoms with Gasteiger partial charge in [-0.15, -0.1) is 0 Å². The molecule has 2 aromatic carbocycles. The Labute approximate surface area is 204 Å². The summed E-state index contributed by atoms with van der Waals surface area (Å²) >= 11 is 0. The Bertz CT molecular complexity index is 1250. The molecule has 186 valence electrons.